The van der Waals surface area contributed by atoms with Crippen molar-refractivity contribution in [2.75, 3.05) is 30.9 Å². The maximum absolute atomic E-state index is 13.2. The molecule has 0 aromatic heterocycles. The Hall–Kier alpha value is -2.53. The molecule has 0 saturated heterocycles. The maximum atomic E-state index is 13.2. The van der Waals surface area contributed by atoms with Gasteiger partial charge < -0.3 is 15.1 Å². The van der Waals surface area contributed by atoms with Crippen molar-refractivity contribution in [2.24, 2.45) is 5.41 Å². The van der Waals surface area contributed by atoms with Crippen LogP contribution in [0.15, 0.2) is 42.5 Å². The van der Waals surface area contributed by atoms with Crippen LogP contribution in [0.4, 0.5) is 11.4 Å². The van der Waals surface area contributed by atoms with Gasteiger partial charge in [-0.1, -0.05) is 51.4 Å². The number of rotatable bonds is 8. The van der Waals surface area contributed by atoms with E-state index in [1.165, 1.54) is 0 Å². The Labute approximate surface area is 191 Å². The van der Waals surface area contributed by atoms with Crippen LogP contribution in [-0.2, 0) is 11.3 Å². The molecule has 2 amide bonds. The molecule has 0 heterocycles. The van der Waals surface area contributed by atoms with Gasteiger partial charge in [-0.15, -0.1) is 0 Å². The summed E-state index contributed by atoms with van der Waals surface area (Å²) in [4.78, 5) is 29.5. The average Bonchev–Trinajstić information content (AvgIpc) is 2.66. The van der Waals surface area contributed by atoms with E-state index < -0.39 is 0 Å². The van der Waals surface area contributed by atoms with Crippen LogP contribution in [-0.4, -0.2) is 37.4 Å². The van der Waals surface area contributed by atoms with Gasteiger partial charge in [0.05, 0.1) is 10.6 Å². The number of carbonyl (C=O) groups is 2. The molecule has 2 aromatic carbocycles. The number of nitrogens with one attached hydrogen (secondary N) is 1. The molecule has 0 aliphatic carbocycles. The van der Waals surface area contributed by atoms with Crippen LogP contribution >= 0.6 is 11.6 Å². The van der Waals surface area contributed by atoms with Gasteiger partial charge in [-0.2, -0.15) is 0 Å². The fourth-order valence-electron chi connectivity index (χ4n) is 3.45. The molecule has 0 spiro atoms. The highest BCUT2D eigenvalue weighted by atomic mass is 35.5. The van der Waals surface area contributed by atoms with Crippen LogP contribution in [0.2, 0.25) is 5.02 Å². The zero-order chi connectivity index (χ0) is 23.2. The second-order valence-corrected chi connectivity index (χ2v) is 9.64. The van der Waals surface area contributed by atoms with E-state index >= 15 is 0 Å². The summed E-state index contributed by atoms with van der Waals surface area (Å²) in [6, 6.07) is 13.0. The molecule has 5 nitrogen and oxygen atoms in total. The summed E-state index contributed by atoms with van der Waals surface area (Å²) in [5.74, 6) is -0.118. The quantitative estimate of drug-likeness (QED) is 0.558. The van der Waals surface area contributed by atoms with Crippen LogP contribution in [0, 0.1) is 5.41 Å². The van der Waals surface area contributed by atoms with E-state index in [1.807, 2.05) is 81.9 Å². The van der Waals surface area contributed by atoms with Gasteiger partial charge in [-0.25, -0.2) is 0 Å². The lowest BCUT2D eigenvalue weighted by molar-refractivity contribution is -0.117. The lowest BCUT2D eigenvalue weighted by Gasteiger charge is -2.26. The van der Waals surface area contributed by atoms with Crippen LogP contribution in [0.5, 0.6) is 0 Å². The lowest BCUT2D eigenvalue weighted by Crippen LogP contribution is -2.32. The maximum Gasteiger partial charge on any atom is 0.255 e. The van der Waals surface area contributed by atoms with E-state index in [0.29, 0.717) is 30.1 Å². The van der Waals surface area contributed by atoms with Crippen molar-refractivity contribution in [3.8, 4) is 0 Å². The van der Waals surface area contributed by atoms with Crippen molar-refractivity contribution in [1.29, 1.82) is 0 Å². The van der Waals surface area contributed by atoms with Crippen LogP contribution in [0.25, 0.3) is 0 Å². The highest BCUT2D eigenvalue weighted by Crippen LogP contribution is 2.27. The van der Waals surface area contributed by atoms with Crippen molar-refractivity contribution in [3.05, 3.63) is 58.6 Å². The second-order valence-electron chi connectivity index (χ2n) is 9.23. The predicted octanol–water partition coefficient (Wildman–Crippen LogP) is 5.83. The van der Waals surface area contributed by atoms with E-state index in [-0.39, 0.29) is 17.2 Å². The molecule has 0 unspecified atom stereocenters. The smallest absolute Gasteiger partial charge is 0.255 e. The van der Waals surface area contributed by atoms with Crippen molar-refractivity contribution in [1.82, 2.24) is 4.90 Å². The third kappa shape index (κ3) is 7.28. The molecule has 2 aromatic rings. The third-order valence-electron chi connectivity index (χ3n) is 4.78. The molecule has 168 valence electrons. The zero-order valence-corrected chi connectivity index (χ0v) is 20.2. The zero-order valence-electron chi connectivity index (χ0n) is 19.5. The number of amides is 2. The Bertz CT molecular complexity index is 919. The van der Waals surface area contributed by atoms with Crippen molar-refractivity contribution >= 4 is 34.8 Å². The number of nitrogens with zero attached hydrogens (tertiary/aromatic N) is 2. The fourth-order valence-corrected chi connectivity index (χ4v) is 3.66. The summed E-state index contributed by atoms with van der Waals surface area (Å²) < 4.78 is 0. The molecule has 0 aliphatic rings. The van der Waals surface area contributed by atoms with Gasteiger partial charge in [0.2, 0.25) is 5.91 Å². The number of anilines is 2. The molecule has 2 rings (SSSR count). The summed E-state index contributed by atoms with van der Waals surface area (Å²) in [6.45, 7) is 9.19. The first kappa shape index (κ1) is 24.7. The Morgan fingerprint density at radius 2 is 1.74 bits per heavy atom. The number of halogens is 1. The van der Waals surface area contributed by atoms with Gasteiger partial charge in [-0.05, 0) is 47.7 Å². The number of carbonyl (C=O) groups excluding carboxylic acids is 2. The van der Waals surface area contributed by atoms with Crippen molar-refractivity contribution in [3.63, 3.8) is 0 Å². The molecule has 6 heteroatoms. The standard InChI is InChI=1S/C25H34ClN3O2/c1-7-14-29(24(31)20-10-8-9-11-21(20)26)17-18-15-19(12-13-22(18)28(5)6)27-23(30)16-25(2,3)4/h8-13,15H,7,14,16-17H2,1-6H3,(H,27,30). The van der Waals surface area contributed by atoms with E-state index in [4.69, 9.17) is 11.6 Å². The first-order valence-electron chi connectivity index (χ1n) is 10.7. The lowest BCUT2D eigenvalue weighted by atomic mass is 9.92. The molecule has 0 bridgehead atoms. The van der Waals surface area contributed by atoms with Crippen LogP contribution < -0.4 is 10.2 Å². The predicted molar refractivity (Wildman–Crippen MR) is 130 cm³/mol. The average molecular weight is 444 g/mol. The second kappa shape index (κ2) is 10.7. The van der Waals surface area contributed by atoms with E-state index in [0.717, 1.165) is 23.4 Å². The molecule has 0 atom stereocenters. The topological polar surface area (TPSA) is 52.7 Å². The molecular weight excluding hydrogens is 410 g/mol. The molecule has 0 radical (unpaired) electrons. The minimum Gasteiger partial charge on any atom is -0.377 e. The van der Waals surface area contributed by atoms with Gasteiger partial charge in [-0.3, -0.25) is 9.59 Å². The summed E-state index contributed by atoms with van der Waals surface area (Å²) in [5, 5.41) is 3.45. The van der Waals surface area contributed by atoms with Gasteiger partial charge in [0.1, 0.15) is 0 Å². The number of hydrogen-bond donors (Lipinski definition) is 1. The number of benzene rings is 2. The first-order valence-corrected chi connectivity index (χ1v) is 11.0. The SMILES string of the molecule is CCCN(Cc1cc(NC(=O)CC(C)(C)C)ccc1N(C)C)C(=O)c1ccccc1Cl. The largest absolute Gasteiger partial charge is 0.377 e. The third-order valence-corrected chi connectivity index (χ3v) is 5.11. The Balaban J connectivity index is 2.33. The molecule has 0 saturated carbocycles. The van der Waals surface area contributed by atoms with E-state index in [1.54, 1.807) is 12.1 Å². The van der Waals surface area contributed by atoms with E-state index in [9.17, 15) is 9.59 Å². The minimum atomic E-state index is -0.0978. The van der Waals surface area contributed by atoms with Gasteiger partial charge in [0.25, 0.3) is 5.91 Å². The van der Waals surface area contributed by atoms with Crippen molar-refractivity contribution in [2.45, 2.75) is 47.1 Å². The summed E-state index contributed by atoms with van der Waals surface area (Å²) in [5.41, 5.74) is 3.11. The van der Waals surface area contributed by atoms with Crippen LogP contribution in [0.1, 0.15) is 56.5 Å². The Morgan fingerprint density at radius 1 is 1.06 bits per heavy atom. The minimum absolute atomic E-state index is 0.0198. The van der Waals surface area contributed by atoms with Gasteiger partial charge in [0.15, 0.2) is 0 Å². The van der Waals surface area contributed by atoms with E-state index in [2.05, 4.69) is 5.32 Å². The molecular formula is C25H34ClN3O2. The Morgan fingerprint density at radius 3 is 2.32 bits per heavy atom. The first-order chi connectivity index (χ1) is 14.5. The molecule has 31 heavy (non-hydrogen) atoms. The molecule has 0 fully saturated rings. The number of hydrogen-bond acceptors (Lipinski definition) is 3. The van der Waals surface area contributed by atoms with Gasteiger partial charge in [0, 0.05) is 45.0 Å². The van der Waals surface area contributed by atoms with Gasteiger partial charge >= 0.3 is 0 Å². The fraction of sp³-hybridized carbons (Fsp3) is 0.440. The Kier molecular flexibility index (Phi) is 8.52. The monoisotopic (exact) mass is 443 g/mol. The van der Waals surface area contributed by atoms with Crippen LogP contribution in [0.3, 0.4) is 0 Å². The highest BCUT2D eigenvalue weighted by Gasteiger charge is 2.21. The summed E-state index contributed by atoms with van der Waals surface area (Å²) >= 11 is 6.28. The summed E-state index contributed by atoms with van der Waals surface area (Å²) in [6.07, 6.45) is 1.26. The normalized spacial score (nSPS) is 11.2. The summed E-state index contributed by atoms with van der Waals surface area (Å²) in [7, 11) is 3.94. The molecule has 0 aliphatic heterocycles. The highest BCUT2D eigenvalue weighted by molar-refractivity contribution is 6.33. The molecule has 1 N–H and O–H groups in total. The van der Waals surface area contributed by atoms with Crippen molar-refractivity contribution < 1.29 is 9.59 Å².